The van der Waals surface area contributed by atoms with E-state index in [2.05, 4.69) is 10.4 Å². The Hall–Kier alpha value is -2.15. The highest BCUT2D eigenvalue weighted by atomic mass is 35.5. The average molecular weight is 529 g/mol. The molecule has 10 heteroatoms. The average Bonchev–Trinajstić information content (AvgIpc) is 3.33. The van der Waals surface area contributed by atoms with Crippen LogP contribution in [0, 0.1) is 6.92 Å². The minimum absolute atomic E-state index is 0.246. The molecule has 2 heterocycles. The standard InChI is InChI=1S/C22H15Cl5N4O/c1-12-20(21(32)28-11-13-4-6-15(23)17(25)9-13)29-31(14-5-7-16(24)18(26)10-14)22(12)30-8-2-3-19(30)27/h2-10H,11H2,1H3,(H,28,32). The third-order valence-corrected chi connectivity index (χ3v) is 6.60. The number of halogens is 5. The Morgan fingerprint density at radius 3 is 2.25 bits per heavy atom. The first-order valence-corrected chi connectivity index (χ1v) is 11.3. The summed E-state index contributed by atoms with van der Waals surface area (Å²) in [5.41, 5.74) is 2.32. The van der Waals surface area contributed by atoms with Gasteiger partial charge < -0.3 is 5.32 Å². The smallest absolute Gasteiger partial charge is 0.272 e. The minimum Gasteiger partial charge on any atom is -0.347 e. The zero-order chi connectivity index (χ0) is 23.0. The van der Waals surface area contributed by atoms with Gasteiger partial charge in [0.05, 0.1) is 25.8 Å². The van der Waals surface area contributed by atoms with Crippen LogP contribution in [-0.4, -0.2) is 20.3 Å². The van der Waals surface area contributed by atoms with E-state index >= 15 is 0 Å². The van der Waals surface area contributed by atoms with Gasteiger partial charge in [-0.05, 0) is 55.0 Å². The molecule has 0 aliphatic rings. The predicted molar refractivity (Wildman–Crippen MR) is 130 cm³/mol. The van der Waals surface area contributed by atoms with Gasteiger partial charge in [0, 0.05) is 18.3 Å². The summed E-state index contributed by atoms with van der Waals surface area (Å²) in [4.78, 5) is 13.0. The first kappa shape index (κ1) is 23.0. The number of hydrogen-bond acceptors (Lipinski definition) is 2. The Labute approximate surface area is 209 Å². The second kappa shape index (κ2) is 9.38. The van der Waals surface area contributed by atoms with E-state index in [0.717, 1.165) is 5.56 Å². The Kier molecular flexibility index (Phi) is 6.75. The van der Waals surface area contributed by atoms with E-state index < -0.39 is 0 Å². The minimum atomic E-state index is -0.350. The number of rotatable bonds is 5. The van der Waals surface area contributed by atoms with Gasteiger partial charge in [-0.15, -0.1) is 0 Å². The molecule has 0 atom stereocenters. The Bertz CT molecular complexity index is 1330. The number of aromatic nitrogens is 3. The van der Waals surface area contributed by atoms with Gasteiger partial charge in [0.15, 0.2) is 5.69 Å². The fourth-order valence-electron chi connectivity index (χ4n) is 3.23. The lowest BCUT2D eigenvalue weighted by atomic mass is 10.2. The third kappa shape index (κ3) is 4.49. The Morgan fingerprint density at radius 1 is 0.938 bits per heavy atom. The molecule has 4 rings (SSSR count). The summed E-state index contributed by atoms with van der Waals surface area (Å²) in [6, 6.07) is 13.8. The first-order valence-electron chi connectivity index (χ1n) is 9.36. The van der Waals surface area contributed by atoms with Crippen molar-refractivity contribution in [3.05, 3.63) is 96.8 Å². The van der Waals surface area contributed by atoms with Crippen molar-refractivity contribution in [3.63, 3.8) is 0 Å². The summed E-state index contributed by atoms with van der Waals surface area (Å²) < 4.78 is 3.35. The van der Waals surface area contributed by atoms with Crippen LogP contribution in [0.2, 0.25) is 25.2 Å². The van der Waals surface area contributed by atoms with Crippen molar-refractivity contribution >= 4 is 63.9 Å². The van der Waals surface area contributed by atoms with Crippen LogP contribution in [-0.2, 0) is 6.54 Å². The maximum Gasteiger partial charge on any atom is 0.272 e. The summed E-state index contributed by atoms with van der Waals surface area (Å²) in [7, 11) is 0. The van der Waals surface area contributed by atoms with E-state index in [4.69, 9.17) is 58.0 Å². The van der Waals surface area contributed by atoms with Crippen LogP contribution in [0.4, 0.5) is 0 Å². The second-order valence-corrected chi connectivity index (χ2v) is 8.96. The van der Waals surface area contributed by atoms with Gasteiger partial charge in [-0.3, -0.25) is 9.36 Å². The number of carbonyl (C=O) groups excluding carboxylic acids is 1. The fourth-order valence-corrected chi connectivity index (χ4v) is 4.05. The van der Waals surface area contributed by atoms with Gasteiger partial charge in [0.2, 0.25) is 0 Å². The zero-order valence-corrected chi connectivity index (χ0v) is 20.3. The molecule has 0 unspecified atom stereocenters. The Morgan fingerprint density at radius 2 is 1.62 bits per heavy atom. The SMILES string of the molecule is Cc1c(C(=O)NCc2ccc(Cl)c(Cl)c2)nn(-c2ccc(Cl)c(Cl)c2)c1-n1cccc1Cl. The number of hydrogen-bond donors (Lipinski definition) is 1. The maximum absolute atomic E-state index is 13.0. The highest BCUT2D eigenvalue weighted by Crippen LogP contribution is 2.29. The normalized spacial score (nSPS) is 11.1. The monoisotopic (exact) mass is 526 g/mol. The van der Waals surface area contributed by atoms with Crippen LogP contribution < -0.4 is 5.32 Å². The molecule has 0 aliphatic heterocycles. The molecular formula is C22H15Cl5N4O. The Balaban J connectivity index is 1.73. The number of nitrogens with one attached hydrogen (secondary N) is 1. The van der Waals surface area contributed by atoms with Crippen LogP contribution in [0.5, 0.6) is 0 Å². The molecule has 0 aliphatic carbocycles. The van der Waals surface area contributed by atoms with Crippen molar-refractivity contribution in [2.24, 2.45) is 0 Å². The molecule has 0 radical (unpaired) electrons. The molecule has 32 heavy (non-hydrogen) atoms. The highest BCUT2D eigenvalue weighted by Gasteiger charge is 2.23. The van der Waals surface area contributed by atoms with Crippen LogP contribution in [0.1, 0.15) is 21.6 Å². The van der Waals surface area contributed by atoms with Crippen molar-refractivity contribution in [3.8, 4) is 11.5 Å². The number of carbonyl (C=O) groups is 1. The van der Waals surface area contributed by atoms with Crippen LogP contribution >= 0.6 is 58.0 Å². The molecule has 0 spiro atoms. The van der Waals surface area contributed by atoms with E-state index in [1.54, 1.807) is 70.9 Å². The van der Waals surface area contributed by atoms with E-state index in [0.29, 0.717) is 42.3 Å². The molecule has 0 fully saturated rings. The van der Waals surface area contributed by atoms with Crippen molar-refractivity contribution < 1.29 is 4.79 Å². The molecular weight excluding hydrogens is 514 g/mol. The maximum atomic E-state index is 13.0. The summed E-state index contributed by atoms with van der Waals surface area (Å²) >= 11 is 30.7. The molecule has 164 valence electrons. The molecule has 0 saturated heterocycles. The van der Waals surface area contributed by atoms with Crippen molar-refractivity contribution in [1.29, 1.82) is 0 Å². The fraction of sp³-hybridized carbons (Fsp3) is 0.0909. The van der Waals surface area contributed by atoms with E-state index in [1.165, 1.54) is 0 Å². The third-order valence-electron chi connectivity index (χ3n) is 4.82. The summed E-state index contributed by atoms with van der Waals surface area (Å²) in [6.45, 7) is 2.06. The van der Waals surface area contributed by atoms with E-state index in [1.807, 2.05) is 0 Å². The summed E-state index contributed by atoms with van der Waals surface area (Å²) in [5.74, 6) is 0.259. The number of nitrogens with zero attached hydrogens (tertiary/aromatic N) is 3. The topological polar surface area (TPSA) is 51.9 Å². The van der Waals surface area contributed by atoms with Crippen LogP contribution in [0.3, 0.4) is 0 Å². The predicted octanol–water partition coefficient (Wildman–Crippen LogP) is 7.17. The lowest BCUT2D eigenvalue weighted by molar-refractivity contribution is 0.0945. The second-order valence-electron chi connectivity index (χ2n) is 6.94. The van der Waals surface area contributed by atoms with Crippen LogP contribution in [0.15, 0.2) is 54.7 Å². The summed E-state index contributed by atoms with van der Waals surface area (Å²) in [5, 5.41) is 9.56. The van der Waals surface area contributed by atoms with Gasteiger partial charge in [-0.1, -0.05) is 64.1 Å². The molecule has 0 bridgehead atoms. The lowest BCUT2D eigenvalue weighted by Gasteiger charge is -2.11. The largest absolute Gasteiger partial charge is 0.347 e. The van der Waals surface area contributed by atoms with Crippen LogP contribution in [0.25, 0.3) is 11.5 Å². The van der Waals surface area contributed by atoms with E-state index in [9.17, 15) is 4.79 Å². The highest BCUT2D eigenvalue weighted by molar-refractivity contribution is 6.42. The van der Waals surface area contributed by atoms with Gasteiger partial charge in [-0.25, -0.2) is 4.68 Å². The van der Waals surface area contributed by atoms with Crippen molar-refractivity contribution in [1.82, 2.24) is 19.7 Å². The van der Waals surface area contributed by atoms with Gasteiger partial charge in [-0.2, -0.15) is 5.10 Å². The van der Waals surface area contributed by atoms with Gasteiger partial charge >= 0.3 is 0 Å². The molecule has 4 aromatic rings. The van der Waals surface area contributed by atoms with Gasteiger partial charge in [0.1, 0.15) is 11.0 Å². The molecule has 0 saturated carbocycles. The number of benzene rings is 2. The van der Waals surface area contributed by atoms with E-state index in [-0.39, 0.29) is 18.1 Å². The molecule has 1 N–H and O–H groups in total. The van der Waals surface area contributed by atoms with Gasteiger partial charge in [0.25, 0.3) is 5.91 Å². The number of amides is 1. The molecule has 2 aromatic carbocycles. The molecule has 1 amide bonds. The molecule has 5 nitrogen and oxygen atoms in total. The first-order chi connectivity index (χ1) is 15.3. The zero-order valence-electron chi connectivity index (χ0n) is 16.5. The lowest BCUT2D eigenvalue weighted by Crippen LogP contribution is -2.24. The quantitative estimate of drug-likeness (QED) is 0.299. The summed E-state index contributed by atoms with van der Waals surface area (Å²) in [6.07, 6.45) is 1.79. The molecule has 2 aromatic heterocycles. The van der Waals surface area contributed by atoms with Crippen molar-refractivity contribution in [2.75, 3.05) is 0 Å². The van der Waals surface area contributed by atoms with Crippen molar-refractivity contribution in [2.45, 2.75) is 13.5 Å².